The van der Waals surface area contributed by atoms with Crippen LogP contribution in [0.25, 0.3) is 32.2 Å². The van der Waals surface area contributed by atoms with Crippen molar-refractivity contribution >= 4 is 21.8 Å². The van der Waals surface area contributed by atoms with E-state index in [9.17, 15) is 0 Å². The van der Waals surface area contributed by atoms with Gasteiger partial charge in [-0.15, -0.1) is 10.2 Å². The largest absolute Gasteiger partial charge is 0.487 e. The topological polar surface area (TPSA) is 173 Å². The molecule has 0 aliphatic carbocycles. The molecule has 0 saturated heterocycles. The van der Waals surface area contributed by atoms with E-state index in [4.69, 9.17) is 24.5 Å². The molecule has 0 amide bonds. The number of rotatable bonds is 14. The van der Waals surface area contributed by atoms with Crippen LogP contribution in [0.4, 0.5) is 0 Å². The van der Waals surface area contributed by atoms with Gasteiger partial charge in [0.2, 0.25) is 11.8 Å². The molecule has 0 atom stereocenters. The van der Waals surface area contributed by atoms with Gasteiger partial charge in [0.1, 0.15) is 36.1 Å². The Bertz CT molecular complexity index is 2180. The van der Waals surface area contributed by atoms with Crippen LogP contribution >= 0.6 is 0 Å². The van der Waals surface area contributed by atoms with Gasteiger partial charge in [0.05, 0.1) is 57.3 Å². The Kier molecular flexibility index (Phi) is 9.29. The fourth-order valence-electron chi connectivity index (χ4n) is 5.49. The minimum atomic E-state index is 0.125. The van der Waals surface area contributed by atoms with Gasteiger partial charge in [-0.2, -0.15) is 0 Å². The average molecular weight is 670 g/mol. The first-order chi connectivity index (χ1) is 24.6. The number of pyridine rings is 2. The third-order valence-corrected chi connectivity index (χ3v) is 7.78. The lowest BCUT2D eigenvalue weighted by atomic mass is 10.1. The molecule has 7 aromatic rings. The Morgan fingerprint density at radius 1 is 0.680 bits per heavy atom. The molecular weight excluding hydrogens is 638 g/mol. The molecule has 0 spiro atoms. The van der Waals surface area contributed by atoms with Gasteiger partial charge in [0.15, 0.2) is 0 Å². The normalized spacial score (nSPS) is 11.0. The van der Waals surface area contributed by atoms with Crippen molar-refractivity contribution in [1.82, 2.24) is 40.0 Å². The third kappa shape index (κ3) is 7.37. The average Bonchev–Trinajstić information content (AvgIpc) is 3.80. The molecule has 4 heterocycles. The minimum absolute atomic E-state index is 0.125. The Morgan fingerprint density at radius 2 is 1.18 bits per heavy atom. The van der Waals surface area contributed by atoms with E-state index in [0.29, 0.717) is 47.7 Å². The van der Waals surface area contributed by atoms with Crippen molar-refractivity contribution < 1.29 is 18.9 Å². The van der Waals surface area contributed by atoms with E-state index in [0.717, 1.165) is 38.5 Å². The van der Waals surface area contributed by atoms with E-state index >= 15 is 0 Å². The van der Waals surface area contributed by atoms with Gasteiger partial charge in [-0.3, -0.25) is 0 Å². The van der Waals surface area contributed by atoms with Gasteiger partial charge in [-0.25, -0.2) is 19.3 Å². The van der Waals surface area contributed by atoms with Crippen LogP contribution in [0.5, 0.6) is 23.3 Å². The molecule has 0 unspecified atom stereocenters. The van der Waals surface area contributed by atoms with Crippen LogP contribution in [0.15, 0.2) is 96.4 Å². The number of para-hydroxylation sites is 2. The van der Waals surface area contributed by atoms with E-state index < -0.39 is 0 Å². The monoisotopic (exact) mass is 669 g/mol. The van der Waals surface area contributed by atoms with Crippen molar-refractivity contribution in [3.8, 4) is 23.3 Å². The van der Waals surface area contributed by atoms with Crippen molar-refractivity contribution in [1.29, 1.82) is 0 Å². The second kappa shape index (κ2) is 14.6. The van der Waals surface area contributed by atoms with Crippen molar-refractivity contribution in [2.45, 2.75) is 32.8 Å². The SMILES string of the molecule is COc1nc2ccccc2cc1Cn1cc(COc2cc(CN=[N+]=[N-])cc(OCc3cn(Cc4cc5ccccc5nc4OC)nn3)c2)nn1. The van der Waals surface area contributed by atoms with Crippen LogP contribution in [-0.4, -0.2) is 54.2 Å². The number of nitrogens with zero attached hydrogens (tertiary/aromatic N) is 11. The Labute approximate surface area is 285 Å². The summed E-state index contributed by atoms with van der Waals surface area (Å²) in [6, 6.07) is 25.1. The number of hydrogen-bond acceptors (Lipinski definition) is 11. The fraction of sp³-hybridized carbons (Fsp3) is 0.200. The van der Waals surface area contributed by atoms with E-state index in [2.05, 4.69) is 40.6 Å². The molecule has 0 radical (unpaired) electrons. The molecule has 0 aliphatic rings. The fourth-order valence-corrected chi connectivity index (χ4v) is 5.49. The highest BCUT2D eigenvalue weighted by atomic mass is 16.5. The van der Waals surface area contributed by atoms with Crippen molar-refractivity contribution in [2.75, 3.05) is 14.2 Å². The van der Waals surface area contributed by atoms with Crippen LogP contribution in [0.2, 0.25) is 0 Å². The summed E-state index contributed by atoms with van der Waals surface area (Å²) >= 11 is 0. The second-order valence-corrected chi connectivity index (χ2v) is 11.3. The summed E-state index contributed by atoms with van der Waals surface area (Å²) < 4.78 is 26.6. The molecule has 0 fully saturated rings. The van der Waals surface area contributed by atoms with Crippen molar-refractivity contribution in [2.24, 2.45) is 5.11 Å². The van der Waals surface area contributed by atoms with Crippen LogP contribution in [0, 0.1) is 0 Å². The molecule has 15 nitrogen and oxygen atoms in total. The highest BCUT2D eigenvalue weighted by molar-refractivity contribution is 5.80. The first kappa shape index (κ1) is 31.8. The lowest BCUT2D eigenvalue weighted by molar-refractivity contribution is 0.284. The molecular formula is C35H31N11O4. The number of ether oxygens (including phenoxy) is 4. The summed E-state index contributed by atoms with van der Waals surface area (Å²) in [7, 11) is 3.20. The highest BCUT2D eigenvalue weighted by Crippen LogP contribution is 2.27. The van der Waals surface area contributed by atoms with E-state index in [1.165, 1.54) is 0 Å². The quantitative estimate of drug-likeness (QED) is 0.0754. The van der Waals surface area contributed by atoms with Gasteiger partial charge in [-0.1, -0.05) is 51.9 Å². The minimum Gasteiger partial charge on any atom is -0.487 e. The number of fused-ring (bicyclic) bond motifs is 2. The molecule has 15 heteroatoms. The number of aromatic nitrogens is 8. The van der Waals surface area contributed by atoms with Crippen LogP contribution in [0.1, 0.15) is 28.1 Å². The van der Waals surface area contributed by atoms with Crippen LogP contribution in [0.3, 0.4) is 0 Å². The number of hydrogen-bond donors (Lipinski definition) is 0. The first-order valence-electron chi connectivity index (χ1n) is 15.6. The summed E-state index contributed by atoms with van der Waals surface area (Å²) in [4.78, 5) is 12.1. The molecule has 0 N–H and O–H groups in total. The Hall–Kier alpha value is -6.73. The zero-order chi connectivity index (χ0) is 34.3. The maximum Gasteiger partial charge on any atom is 0.218 e. The molecule has 0 saturated carbocycles. The maximum absolute atomic E-state index is 8.89. The van der Waals surface area contributed by atoms with E-state index in [1.807, 2.05) is 73.1 Å². The van der Waals surface area contributed by atoms with E-state index in [-0.39, 0.29) is 19.8 Å². The molecule has 0 bridgehead atoms. The first-order valence-corrected chi connectivity index (χ1v) is 15.6. The predicted molar refractivity (Wildman–Crippen MR) is 183 cm³/mol. The zero-order valence-electron chi connectivity index (χ0n) is 27.2. The molecule has 0 aliphatic heterocycles. The lowest BCUT2D eigenvalue weighted by Crippen LogP contribution is -2.04. The highest BCUT2D eigenvalue weighted by Gasteiger charge is 2.13. The summed E-state index contributed by atoms with van der Waals surface area (Å²) in [6.07, 6.45) is 3.62. The Balaban J connectivity index is 1.01. The summed E-state index contributed by atoms with van der Waals surface area (Å²) in [5.74, 6) is 2.10. The number of azide groups is 1. The predicted octanol–water partition coefficient (Wildman–Crippen LogP) is 6.05. The van der Waals surface area contributed by atoms with Gasteiger partial charge in [0.25, 0.3) is 0 Å². The van der Waals surface area contributed by atoms with Crippen LogP contribution < -0.4 is 18.9 Å². The summed E-state index contributed by atoms with van der Waals surface area (Å²) in [5.41, 5.74) is 14.3. The third-order valence-electron chi connectivity index (χ3n) is 7.78. The van der Waals surface area contributed by atoms with Gasteiger partial charge in [-0.05, 0) is 47.5 Å². The zero-order valence-corrected chi connectivity index (χ0v) is 27.2. The smallest absolute Gasteiger partial charge is 0.218 e. The van der Waals surface area contributed by atoms with Gasteiger partial charge < -0.3 is 18.9 Å². The molecule has 250 valence electrons. The summed E-state index contributed by atoms with van der Waals surface area (Å²) in [6.45, 7) is 1.27. The van der Waals surface area contributed by atoms with E-state index in [1.54, 1.807) is 41.8 Å². The summed E-state index contributed by atoms with van der Waals surface area (Å²) in [5, 5.41) is 22.8. The Morgan fingerprint density at radius 3 is 1.66 bits per heavy atom. The van der Waals surface area contributed by atoms with Gasteiger partial charge >= 0.3 is 0 Å². The van der Waals surface area contributed by atoms with Crippen LogP contribution in [-0.2, 0) is 32.8 Å². The molecule has 4 aromatic heterocycles. The lowest BCUT2D eigenvalue weighted by Gasteiger charge is -2.11. The molecule has 7 rings (SSSR count). The van der Waals surface area contributed by atoms with Gasteiger partial charge in [0, 0.05) is 32.9 Å². The standard InChI is InChI=1S/C35H31N11O4/c1-47-34-26(13-24-7-3-5-9-32(24)38-34)17-45-19-28(40-43-45)21-49-30-11-23(16-37-42-36)12-31(15-30)50-22-29-20-46(44-41-29)18-27-14-25-8-4-6-10-33(25)39-35(27)48-2/h3-15,19-20H,16-18,21-22H2,1-2H3. The molecule has 3 aromatic carbocycles. The maximum atomic E-state index is 8.89. The molecule has 50 heavy (non-hydrogen) atoms. The van der Waals surface area contributed by atoms with Crippen molar-refractivity contribution in [3.05, 3.63) is 130 Å². The second-order valence-electron chi connectivity index (χ2n) is 11.3. The number of benzene rings is 3. The van der Waals surface area contributed by atoms with Crippen molar-refractivity contribution in [3.63, 3.8) is 0 Å². The number of methoxy groups -OCH3 is 2.